The van der Waals surface area contributed by atoms with Gasteiger partial charge in [0.2, 0.25) is 0 Å². The largest absolute Gasteiger partial charge is 0.316 e. The van der Waals surface area contributed by atoms with Gasteiger partial charge in [-0.2, -0.15) is 0 Å². The van der Waals surface area contributed by atoms with Crippen LogP contribution in [0.5, 0.6) is 0 Å². The van der Waals surface area contributed by atoms with Crippen molar-refractivity contribution >= 4 is 5.65 Å². The molecule has 0 radical (unpaired) electrons. The maximum Gasteiger partial charge on any atom is 0.272 e. The third-order valence-corrected chi connectivity index (χ3v) is 3.62. The molecule has 5 nitrogen and oxygen atoms in total. The summed E-state index contributed by atoms with van der Waals surface area (Å²) in [4.78, 5) is 16.4. The highest BCUT2D eigenvalue weighted by Crippen LogP contribution is 2.22. The van der Waals surface area contributed by atoms with Crippen molar-refractivity contribution in [2.45, 2.75) is 32.1 Å². The molecule has 0 amide bonds. The average Bonchev–Trinajstić information content (AvgIpc) is 2.84. The van der Waals surface area contributed by atoms with Crippen molar-refractivity contribution in [2.75, 3.05) is 13.1 Å². The summed E-state index contributed by atoms with van der Waals surface area (Å²) in [5, 5.41) is 6.57. The minimum absolute atomic E-state index is 0.0214. The Bertz CT molecular complexity index is 607. The Hall–Kier alpha value is -1.62. The van der Waals surface area contributed by atoms with Gasteiger partial charge in [-0.1, -0.05) is 6.92 Å². The molecule has 1 fully saturated rings. The molecule has 0 bridgehead atoms. The fraction of sp³-hybridized carbons (Fsp3) is 0.538. The maximum absolute atomic E-state index is 11.9. The first-order chi connectivity index (χ1) is 8.78. The van der Waals surface area contributed by atoms with E-state index in [0.29, 0.717) is 5.92 Å². The number of nitrogens with one attached hydrogen (secondary N) is 2. The minimum atomic E-state index is -0.0214. The molecule has 3 rings (SSSR count). The third kappa shape index (κ3) is 1.95. The molecular weight excluding hydrogens is 228 g/mol. The van der Waals surface area contributed by atoms with E-state index in [1.807, 2.05) is 13.0 Å². The molecule has 2 aromatic rings. The zero-order chi connectivity index (χ0) is 12.5. The Kier molecular flexibility index (Phi) is 2.91. The number of aromatic nitrogens is 3. The van der Waals surface area contributed by atoms with Gasteiger partial charge >= 0.3 is 0 Å². The van der Waals surface area contributed by atoms with Gasteiger partial charge in [0.1, 0.15) is 0 Å². The van der Waals surface area contributed by atoms with Gasteiger partial charge in [-0.15, -0.1) is 0 Å². The Labute approximate surface area is 105 Å². The number of nitrogens with zero attached hydrogens (tertiary/aromatic N) is 2. The molecule has 0 saturated carbocycles. The lowest BCUT2D eigenvalue weighted by Gasteiger charge is -2.21. The van der Waals surface area contributed by atoms with Crippen molar-refractivity contribution in [2.24, 2.45) is 0 Å². The molecule has 1 atom stereocenters. The summed E-state index contributed by atoms with van der Waals surface area (Å²) in [7, 11) is 0. The van der Waals surface area contributed by atoms with Crippen molar-refractivity contribution in [1.29, 1.82) is 0 Å². The van der Waals surface area contributed by atoms with E-state index in [1.165, 1.54) is 6.42 Å². The van der Waals surface area contributed by atoms with Crippen molar-refractivity contribution in [3.63, 3.8) is 0 Å². The molecule has 3 heterocycles. The average molecular weight is 246 g/mol. The van der Waals surface area contributed by atoms with E-state index in [1.54, 1.807) is 10.6 Å². The molecule has 96 valence electrons. The summed E-state index contributed by atoms with van der Waals surface area (Å²) >= 11 is 0. The van der Waals surface area contributed by atoms with Crippen molar-refractivity contribution in [3.8, 4) is 0 Å². The molecule has 1 aliphatic heterocycles. The second kappa shape index (κ2) is 4.57. The minimum Gasteiger partial charge on any atom is -0.316 e. The van der Waals surface area contributed by atoms with Crippen LogP contribution in [0.25, 0.3) is 5.65 Å². The Morgan fingerprint density at radius 3 is 3.11 bits per heavy atom. The molecule has 1 saturated heterocycles. The van der Waals surface area contributed by atoms with Gasteiger partial charge in [0, 0.05) is 36.0 Å². The molecule has 5 heteroatoms. The Morgan fingerprint density at radius 1 is 1.50 bits per heavy atom. The lowest BCUT2D eigenvalue weighted by Crippen LogP contribution is -2.28. The molecule has 0 aromatic carbocycles. The molecule has 0 spiro atoms. The van der Waals surface area contributed by atoms with Crippen LogP contribution in [-0.4, -0.2) is 27.7 Å². The third-order valence-electron chi connectivity index (χ3n) is 3.62. The van der Waals surface area contributed by atoms with Gasteiger partial charge < -0.3 is 5.32 Å². The highest BCUT2D eigenvalue weighted by atomic mass is 16.1. The topological polar surface area (TPSA) is 62.2 Å². The fourth-order valence-corrected chi connectivity index (χ4v) is 2.57. The van der Waals surface area contributed by atoms with E-state index in [9.17, 15) is 4.79 Å². The van der Waals surface area contributed by atoms with Gasteiger partial charge in [-0.25, -0.2) is 9.50 Å². The molecule has 1 aliphatic rings. The summed E-state index contributed by atoms with van der Waals surface area (Å²) in [6, 6.07) is 3.62. The van der Waals surface area contributed by atoms with E-state index in [-0.39, 0.29) is 5.56 Å². The van der Waals surface area contributed by atoms with Crippen LogP contribution in [0, 0.1) is 0 Å². The van der Waals surface area contributed by atoms with Gasteiger partial charge in [0.25, 0.3) is 5.56 Å². The van der Waals surface area contributed by atoms with Crippen LogP contribution in [0.2, 0.25) is 0 Å². The van der Waals surface area contributed by atoms with Gasteiger partial charge in [-0.3, -0.25) is 9.89 Å². The molecule has 2 aromatic heterocycles. The second-order valence-electron chi connectivity index (χ2n) is 4.89. The zero-order valence-electron chi connectivity index (χ0n) is 10.6. The standard InChI is InChI=1S/C13H18N4O/c1-2-10-6-13(18)17-12(15-10)7-11(16-17)9-4-3-5-14-8-9/h6-7,9,14,16H,2-5,8H2,1H3. The van der Waals surface area contributed by atoms with Crippen molar-refractivity contribution < 1.29 is 0 Å². The second-order valence-corrected chi connectivity index (χ2v) is 4.89. The zero-order valence-corrected chi connectivity index (χ0v) is 10.6. The number of aryl methyl sites for hydroxylation is 1. The number of H-pyrrole nitrogens is 1. The maximum atomic E-state index is 11.9. The molecule has 1 unspecified atom stereocenters. The first-order valence-corrected chi connectivity index (χ1v) is 6.60. The predicted molar refractivity (Wildman–Crippen MR) is 70.0 cm³/mol. The molecular formula is C13H18N4O. The van der Waals surface area contributed by atoms with E-state index in [4.69, 9.17) is 0 Å². The van der Waals surface area contributed by atoms with E-state index in [0.717, 1.165) is 43.0 Å². The van der Waals surface area contributed by atoms with E-state index < -0.39 is 0 Å². The lowest BCUT2D eigenvalue weighted by molar-refractivity contribution is 0.453. The normalized spacial score (nSPS) is 20.4. The summed E-state index contributed by atoms with van der Waals surface area (Å²) in [5.41, 5.74) is 2.68. The molecule has 18 heavy (non-hydrogen) atoms. The number of hydrogen-bond donors (Lipinski definition) is 2. The van der Waals surface area contributed by atoms with Crippen LogP contribution in [0.1, 0.15) is 37.1 Å². The van der Waals surface area contributed by atoms with Crippen molar-refractivity contribution in [3.05, 3.63) is 33.9 Å². The predicted octanol–water partition coefficient (Wildman–Crippen LogP) is 1.05. The number of rotatable bonds is 2. The van der Waals surface area contributed by atoms with Crippen LogP contribution in [0.3, 0.4) is 0 Å². The molecule has 2 N–H and O–H groups in total. The lowest BCUT2D eigenvalue weighted by atomic mass is 9.96. The van der Waals surface area contributed by atoms with Crippen molar-refractivity contribution in [1.82, 2.24) is 19.9 Å². The van der Waals surface area contributed by atoms with Crippen LogP contribution < -0.4 is 10.9 Å². The summed E-state index contributed by atoms with van der Waals surface area (Å²) in [6.45, 7) is 4.08. The van der Waals surface area contributed by atoms with Gasteiger partial charge in [-0.05, 0) is 25.8 Å². The smallest absolute Gasteiger partial charge is 0.272 e. The van der Waals surface area contributed by atoms with E-state index in [2.05, 4.69) is 15.4 Å². The monoisotopic (exact) mass is 246 g/mol. The summed E-state index contributed by atoms with van der Waals surface area (Å²) < 4.78 is 1.54. The first kappa shape index (κ1) is 11.5. The molecule has 0 aliphatic carbocycles. The van der Waals surface area contributed by atoms with Gasteiger partial charge in [0.15, 0.2) is 5.65 Å². The Morgan fingerprint density at radius 2 is 2.39 bits per heavy atom. The first-order valence-electron chi connectivity index (χ1n) is 6.60. The van der Waals surface area contributed by atoms with Crippen LogP contribution >= 0.6 is 0 Å². The summed E-state index contributed by atoms with van der Waals surface area (Å²) in [6.07, 6.45) is 3.13. The highest BCUT2D eigenvalue weighted by Gasteiger charge is 2.18. The number of aromatic amines is 1. The van der Waals surface area contributed by atoms with Gasteiger partial charge in [0.05, 0.1) is 0 Å². The summed E-state index contributed by atoms with van der Waals surface area (Å²) in [5.74, 6) is 0.463. The van der Waals surface area contributed by atoms with Crippen LogP contribution in [-0.2, 0) is 6.42 Å². The fourth-order valence-electron chi connectivity index (χ4n) is 2.57. The number of fused-ring (bicyclic) bond motifs is 1. The Balaban J connectivity index is 2.04. The quantitative estimate of drug-likeness (QED) is 0.832. The van der Waals surface area contributed by atoms with E-state index >= 15 is 0 Å². The number of hydrogen-bond acceptors (Lipinski definition) is 3. The SMILES string of the molecule is CCc1cc(=O)n2[nH]c(C3CCCNC3)cc2n1. The highest BCUT2D eigenvalue weighted by molar-refractivity contribution is 5.40. The van der Waals surface area contributed by atoms with Crippen LogP contribution in [0.15, 0.2) is 16.9 Å². The van der Waals surface area contributed by atoms with Crippen LogP contribution in [0.4, 0.5) is 0 Å². The number of piperidine rings is 1.